The lowest BCUT2D eigenvalue weighted by molar-refractivity contribution is -0.126. The van der Waals surface area contributed by atoms with Gasteiger partial charge in [-0.25, -0.2) is 13.6 Å². The molecule has 1 aromatic rings. The quantitative estimate of drug-likeness (QED) is 0.790. The summed E-state index contributed by atoms with van der Waals surface area (Å²) in [6.07, 6.45) is 8.08. The predicted octanol–water partition coefficient (Wildman–Crippen LogP) is 2.95. The molecule has 1 fully saturated rings. The van der Waals surface area contributed by atoms with E-state index in [-0.39, 0.29) is 16.7 Å². The van der Waals surface area contributed by atoms with Gasteiger partial charge in [0.2, 0.25) is 15.9 Å². The zero-order chi connectivity index (χ0) is 17.6. The van der Waals surface area contributed by atoms with Gasteiger partial charge in [0.15, 0.2) is 0 Å². The molecule has 6 heteroatoms. The van der Waals surface area contributed by atoms with Crippen LogP contribution in [0.3, 0.4) is 0 Å². The number of carbonyl (C=O) groups is 1. The van der Waals surface area contributed by atoms with Crippen molar-refractivity contribution in [2.75, 3.05) is 0 Å². The minimum absolute atomic E-state index is 0.0861. The molecule has 0 radical (unpaired) electrons. The molecule has 1 amide bonds. The molecule has 0 unspecified atom stereocenters. The molecule has 1 aromatic carbocycles. The van der Waals surface area contributed by atoms with Gasteiger partial charge < -0.3 is 5.32 Å². The van der Waals surface area contributed by atoms with Crippen LogP contribution in [-0.4, -0.2) is 14.3 Å². The normalized spacial score (nSPS) is 21.4. The SMILES string of the molecule is CCCCC1CCC(C(=O)NCc2ccc(S(N)(=O)=O)cc2)CC1. The van der Waals surface area contributed by atoms with E-state index in [4.69, 9.17) is 5.14 Å². The van der Waals surface area contributed by atoms with Gasteiger partial charge in [0, 0.05) is 12.5 Å². The summed E-state index contributed by atoms with van der Waals surface area (Å²) in [5.41, 5.74) is 0.868. The van der Waals surface area contributed by atoms with E-state index in [0.717, 1.165) is 37.2 Å². The second-order valence-corrected chi connectivity index (χ2v) is 8.33. The number of unbranched alkanes of at least 4 members (excludes halogenated alkanes) is 1. The molecule has 0 heterocycles. The number of rotatable bonds is 7. The van der Waals surface area contributed by atoms with Crippen molar-refractivity contribution in [2.45, 2.75) is 63.3 Å². The van der Waals surface area contributed by atoms with Crippen LogP contribution in [0.4, 0.5) is 0 Å². The van der Waals surface area contributed by atoms with Crippen molar-refractivity contribution in [3.8, 4) is 0 Å². The summed E-state index contributed by atoms with van der Waals surface area (Å²) in [5.74, 6) is 1.02. The molecule has 0 aromatic heterocycles. The Balaban J connectivity index is 1.77. The average Bonchev–Trinajstić information content (AvgIpc) is 2.58. The third-order valence-electron chi connectivity index (χ3n) is 4.90. The number of carbonyl (C=O) groups excluding carboxylic acids is 1. The Kier molecular flexibility index (Phi) is 6.80. The molecule has 24 heavy (non-hydrogen) atoms. The smallest absolute Gasteiger partial charge is 0.238 e. The second kappa shape index (κ2) is 8.62. The maximum atomic E-state index is 12.3. The molecule has 134 valence electrons. The van der Waals surface area contributed by atoms with Gasteiger partial charge in [-0.05, 0) is 49.3 Å². The van der Waals surface area contributed by atoms with Gasteiger partial charge in [-0.3, -0.25) is 4.79 Å². The van der Waals surface area contributed by atoms with Gasteiger partial charge in [0.05, 0.1) is 4.90 Å². The van der Waals surface area contributed by atoms with Gasteiger partial charge in [-0.1, -0.05) is 38.3 Å². The summed E-state index contributed by atoms with van der Waals surface area (Å²) in [6.45, 7) is 2.63. The van der Waals surface area contributed by atoms with Crippen LogP contribution in [-0.2, 0) is 21.4 Å². The van der Waals surface area contributed by atoms with Gasteiger partial charge >= 0.3 is 0 Å². The Morgan fingerprint density at radius 3 is 2.33 bits per heavy atom. The van der Waals surface area contributed by atoms with Gasteiger partial charge in [-0.2, -0.15) is 0 Å². The third kappa shape index (κ3) is 5.60. The van der Waals surface area contributed by atoms with Crippen LogP contribution in [0, 0.1) is 11.8 Å². The fraction of sp³-hybridized carbons (Fsp3) is 0.611. The van der Waals surface area contributed by atoms with Crippen LogP contribution in [0.5, 0.6) is 0 Å². The molecule has 0 spiro atoms. The Bertz CT molecular complexity index is 633. The molecule has 0 saturated heterocycles. The maximum Gasteiger partial charge on any atom is 0.238 e. The molecule has 1 saturated carbocycles. The molecule has 1 aliphatic carbocycles. The Labute approximate surface area is 145 Å². The highest BCUT2D eigenvalue weighted by Gasteiger charge is 2.25. The number of primary sulfonamides is 1. The first-order chi connectivity index (χ1) is 11.4. The zero-order valence-corrected chi connectivity index (χ0v) is 15.1. The predicted molar refractivity (Wildman–Crippen MR) is 94.6 cm³/mol. The van der Waals surface area contributed by atoms with Crippen molar-refractivity contribution in [1.29, 1.82) is 0 Å². The number of nitrogens with two attached hydrogens (primary N) is 1. The molecule has 0 aliphatic heterocycles. The molecule has 1 aliphatic rings. The molecule has 0 atom stereocenters. The van der Waals surface area contributed by atoms with E-state index in [0.29, 0.717) is 6.54 Å². The van der Waals surface area contributed by atoms with E-state index >= 15 is 0 Å². The van der Waals surface area contributed by atoms with Crippen LogP contribution in [0.25, 0.3) is 0 Å². The minimum Gasteiger partial charge on any atom is -0.352 e. The molecular weight excluding hydrogens is 324 g/mol. The number of amides is 1. The highest BCUT2D eigenvalue weighted by molar-refractivity contribution is 7.89. The summed E-state index contributed by atoms with van der Waals surface area (Å²) >= 11 is 0. The number of sulfonamides is 1. The van der Waals surface area contributed by atoms with E-state index in [1.54, 1.807) is 12.1 Å². The second-order valence-electron chi connectivity index (χ2n) is 6.77. The number of hydrogen-bond acceptors (Lipinski definition) is 3. The first-order valence-electron chi connectivity index (χ1n) is 8.79. The van der Waals surface area contributed by atoms with Crippen molar-refractivity contribution < 1.29 is 13.2 Å². The molecule has 3 N–H and O–H groups in total. The third-order valence-corrected chi connectivity index (χ3v) is 5.83. The molecule has 2 rings (SSSR count). The number of benzene rings is 1. The zero-order valence-electron chi connectivity index (χ0n) is 14.3. The topological polar surface area (TPSA) is 89.3 Å². The molecule has 5 nitrogen and oxygen atoms in total. The highest BCUT2D eigenvalue weighted by Crippen LogP contribution is 2.32. The van der Waals surface area contributed by atoms with Crippen molar-refractivity contribution in [2.24, 2.45) is 17.0 Å². The van der Waals surface area contributed by atoms with Gasteiger partial charge in [0.25, 0.3) is 0 Å². The van der Waals surface area contributed by atoms with E-state index in [1.807, 2.05) is 0 Å². The van der Waals surface area contributed by atoms with Crippen LogP contribution >= 0.6 is 0 Å². The summed E-state index contributed by atoms with van der Waals surface area (Å²) < 4.78 is 22.4. The fourth-order valence-corrected chi connectivity index (χ4v) is 3.85. The van der Waals surface area contributed by atoms with Crippen molar-refractivity contribution in [1.82, 2.24) is 5.32 Å². The highest BCUT2D eigenvalue weighted by atomic mass is 32.2. The van der Waals surface area contributed by atoms with E-state index < -0.39 is 10.0 Å². The van der Waals surface area contributed by atoms with Gasteiger partial charge in [-0.15, -0.1) is 0 Å². The average molecular weight is 353 g/mol. The molecule has 0 bridgehead atoms. The van der Waals surface area contributed by atoms with Crippen LogP contribution < -0.4 is 10.5 Å². The van der Waals surface area contributed by atoms with E-state index in [2.05, 4.69) is 12.2 Å². The first-order valence-corrected chi connectivity index (χ1v) is 10.3. The molecular formula is C18H28N2O3S. The van der Waals surface area contributed by atoms with Crippen molar-refractivity contribution >= 4 is 15.9 Å². The van der Waals surface area contributed by atoms with Crippen LogP contribution in [0.2, 0.25) is 0 Å². The van der Waals surface area contributed by atoms with E-state index in [1.165, 1.54) is 31.4 Å². The van der Waals surface area contributed by atoms with Crippen LogP contribution in [0.15, 0.2) is 29.2 Å². The Morgan fingerprint density at radius 2 is 1.79 bits per heavy atom. The minimum atomic E-state index is -3.67. The fourth-order valence-electron chi connectivity index (χ4n) is 3.34. The van der Waals surface area contributed by atoms with Crippen LogP contribution in [0.1, 0.15) is 57.4 Å². The standard InChI is InChI=1S/C18H28N2O3S/c1-2-3-4-14-5-9-16(10-6-14)18(21)20-13-15-7-11-17(12-8-15)24(19,22)23/h7-8,11-12,14,16H,2-6,9-10,13H2,1H3,(H,20,21)(H2,19,22,23). The largest absolute Gasteiger partial charge is 0.352 e. The summed E-state index contributed by atoms with van der Waals surface area (Å²) in [5, 5.41) is 8.04. The van der Waals surface area contributed by atoms with E-state index in [9.17, 15) is 13.2 Å². The Morgan fingerprint density at radius 1 is 1.17 bits per heavy atom. The summed E-state index contributed by atoms with van der Waals surface area (Å²) in [6, 6.07) is 6.30. The van der Waals surface area contributed by atoms with Crippen molar-refractivity contribution in [3.05, 3.63) is 29.8 Å². The number of nitrogens with one attached hydrogen (secondary N) is 1. The summed E-state index contributed by atoms with van der Waals surface area (Å²) in [7, 11) is -3.67. The van der Waals surface area contributed by atoms with Crippen molar-refractivity contribution in [3.63, 3.8) is 0 Å². The summed E-state index contributed by atoms with van der Waals surface area (Å²) in [4.78, 5) is 12.4. The van der Waals surface area contributed by atoms with Gasteiger partial charge in [0.1, 0.15) is 0 Å². The number of hydrogen-bond donors (Lipinski definition) is 2. The first kappa shape index (κ1) is 18.9. The lowest BCUT2D eigenvalue weighted by Gasteiger charge is -2.27. The monoisotopic (exact) mass is 352 g/mol. The Hall–Kier alpha value is -1.40. The maximum absolute atomic E-state index is 12.3. The lowest BCUT2D eigenvalue weighted by atomic mass is 9.79. The lowest BCUT2D eigenvalue weighted by Crippen LogP contribution is -2.32.